The highest BCUT2D eigenvalue weighted by Gasteiger charge is 2.20. The molecule has 0 unspecified atom stereocenters. The molecule has 1 aliphatic rings. The number of nitrogens with zero attached hydrogens (tertiary/aromatic N) is 1. The highest BCUT2D eigenvalue weighted by Crippen LogP contribution is 2.24. The molecule has 1 aromatic carbocycles. The molecule has 2 N–H and O–H groups in total. The first-order valence-corrected chi connectivity index (χ1v) is 6.31. The quantitative estimate of drug-likeness (QED) is 0.499. The fourth-order valence-corrected chi connectivity index (χ4v) is 2.01. The van der Waals surface area contributed by atoms with Gasteiger partial charge in [-0.2, -0.15) is 0 Å². The number of hydrogen-bond donors (Lipinski definition) is 1. The van der Waals surface area contributed by atoms with Crippen molar-refractivity contribution in [1.29, 1.82) is 0 Å². The molecule has 0 heterocycles. The normalized spacial score (nSPS) is 16.7. The summed E-state index contributed by atoms with van der Waals surface area (Å²) >= 11 is 7.49. The molecule has 4 heteroatoms. The Bertz CT molecular complexity index is 357. The van der Waals surface area contributed by atoms with Gasteiger partial charge in [0.05, 0.1) is 11.8 Å². The van der Waals surface area contributed by atoms with Crippen molar-refractivity contribution in [2.24, 2.45) is 10.7 Å². The maximum Gasteiger partial charge on any atom is 0.104 e. The van der Waals surface area contributed by atoms with E-state index in [0.29, 0.717) is 6.04 Å². The van der Waals surface area contributed by atoms with Crippen molar-refractivity contribution >= 4 is 29.2 Å². The molecule has 0 bridgehead atoms. The van der Waals surface area contributed by atoms with E-state index in [4.69, 9.17) is 17.3 Å². The van der Waals surface area contributed by atoms with Crippen molar-refractivity contribution in [2.45, 2.75) is 23.8 Å². The third-order valence-corrected chi connectivity index (χ3v) is 3.39. The molecule has 0 spiro atoms. The molecule has 0 aromatic heterocycles. The van der Waals surface area contributed by atoms with Crippen molar-refractivity contribution in [3.05, 3.63) is 29.3 Å². The average molecular weight is 241 g/mol. The first-order valence-electron chi connectivity index (χ1n) is 4.94. The highest BCUT2D eigenvalue weighted by atomic mass is 35.5. The van der Waals surface area contributed by atoms with Crippen molar-refractivity contribution in [2.75, 3.05) is 5.75 Å². The SMILES string of the molecule is NC(CSc1ccc(Cl)cc1)=NC1CC1. The summed E-state index contributed by atoms with van der Waals surface area (Å²) in [6.07, 6.45) is 2.40. The van der Waals surface area contributed by atoms with Gasteiger partial charge in [0.2, 0.25) is 0 Å². The van der Waals surface area contributed by atoms with Crippen LogP contribution in [0.1, 0.15) is 12.8 Å². The summed E-state index contributed by atoms with van der Waals surface area (Å²) in [4.78, 5) is 5.54. The van der Waals surface area contributed by atoms with Crippen LogP contribution in [0.5, 0.6) is 0 Å². The first-order chi connectivity index (χ1) is 7.24. The standard InChI is InChI=1S/C11H13ClN2S/c12-8-1-5-10(6-2-8)15-7-11(13)14-9-3-4-9/h1-2,5-6,9H,3-4,7H2,(H2,13,14). The average Bonchev–Trinajstić information content (AvgIpc) is 3.01. The predicted molar refractivity (Wildman–Crippen MR) is 66.8 cm³/mol. The Balaban J connectivity index is 1.84. The van der Waals surface area contributed by atoms with Crippen LogP contribution in [0.15, 0.2) is 34.2 Å². The molecule has 1 aliphatic carbocycles. The van der Waals surface area contributed by atoms with Crippen LogP contribution in [0.25, 0.3) is 0 Å². The number of halogens is 1. The largest absolute Gasteiger partial charge is 0.387 e. The van der Waals surface area contributed by atoms with Crippen LogP contribution in [0.2, 0.25) is 5.02 Å². The van der Waals surface area contributed by atoms with Gasteiger partial charge in [-0.1, -0.05) is 11.6 Å². The van der Waals surface area contributed by atoms with Crippen LogP contribution in [0, 0.1) is 0 Å². The minimum Gasteiger partial charge on any atom is -0.387 e. The van der Waals surface area contributed by atoms with Gasteiger partial charge in [0, 0.05) is 9.92 Å². The van der Waals surface area contributed by atoms with Gasteiger partial charge in [0.1, 0.15) is 5.84 Å². The summed E-state index contributed by atoms with van der Waals surface area (Å²) in [6.45, 7) is 0. The molecule has 15 heavy (non-hydrogen) atoms. The van der Waals surface area contributed by atoms with Crippen LogP contribution in [-0.2, 0) is 0 Å². The van der Waals surface area contributed by atoms with E-state index in [9.17, 15) is 0 Å². The van der Waals surface area contributed by atoms with Gasteiger partial charge >= 0.3 is 0 Å². The Hall–Kier alpha value is -0.670. The Labute approximate surface area is 98.9 Å². The second-order valence-corrected chi connectivity index (χ2v) is 5.08. The van der Waals surface area contributed by atoms with Crippen LogP contribution >= 0.6 is 23.4 Å². The molecule has 0 atom stereocenters. The molecule has 0 aliphatic heterocycles. The fourth-order valence-electron chi connectivity index (χ4n) is 1.16. The smallest absolute Gasteiger partial charge is 0.104 e. The van der Waals surface area contributed by atoms with Crippen LogP contribution in [0.4, 0.5) is 0 Å². The first kappa shape index (κ1) is 10.8. The van der Waals surface area contributed by atoms with E-state index in [1.54, 1.807) is 11.8 Å². The molecule has 1 saturated carbocycles. The molecule has 1 fully saturated rings. The minimum absolute atomic E-state index is 0.510. The molecular formula is C11H13ClN2S. The lowest BCUT2D eigenvalue weighted by atomic mass is 10.4. The zero-order valence-electron chi connectivity index (χ0n) is 8.32. The van der Waals surface area contributed by atoms with Gasteiger partial charge in [0.15, 0.2) is 0 Å². The van der Waals surface area contributed by atoms with E-state index in [1.807, 2.05) is 24.3 Å². The summed E-state index contributed by atoms with van der Waals surface area (Å²) in [5.41, 5.74) is 5.80. The lowest BCUT2D eigenvalue weighted by molar-refractivity contribution is 1.06. The van der Waals surface area contributed by atoms with Gasteiger partial charge in [-0.3, -0.25) is 4.99 Å². The summed E-state index contributed by atoms with van der Waals surface area (Å²) in [5.74, 6) is 1.51. The van der Waals surface area contributed by atoms with E-state index >= 15 is 0 Å². The molecule has 2 rings (SSSR count). The topological polar surface area (TPSA) is 38.4 Å². The van der Waals surface area contributed by atoms with Gasteiger partial charge in [-0.15, -0.1) is 11.8 Å². The third kappa shape index (κ3) is 3.76. The third-order valence-electron chi connectivity index (χ3n) is 2.10. The number of rotatable bonds is 4. The molecule has 80 valence electrons. The van der Waals surface area contributed by atoms with Crippen LogP contribution < -0.4 is 5.73 Å². The minimum atomic E-state index is 0.510. The highest BCUT2D eigenvalue weighted by molar-refractivity contribution is 8.00. The lowest BCUT2D eigenvalue weighted by Crippen LogP contribution is -2.15. The van der Waals surface area contributed by atoms with Gasteiger partial charge in [0.25, 0.3) is 0 Å². The number of benzene rings is 1. The maximum absolute atomic E-state index is 5.80. The maximum atomic E-state index is 5.80. The number of nitrogens with two attached hydrogens (primary N) is 1. The Morgan fingerprint density at radius 1 is 1.40 bits per heavy atom. The zero-order chi connectivity index (χ0) is 10.7. The van der Waals surface area contributed by atoms with E-state index in [2.05, 4.69) is 4.99 Å². The van der Waals surface area contributed by atoms with E-state index in [1.165, 1.54) is 17.7 Å². The number of thioether (sulfide) groups is 1. The van der Waals surface area contributed by atoms with E-state index in [0.717, 1.165) is 16.6 Å². The Kier molecular flexibility index (Phi) is 3.54. The fraction of sp³-hybridized carbons (Fsp3) is 0.364. The number of aliphatic imine (C=N–C) groups is 1. The van der Waals surface area contributed by atoms with Gasteiger partial charge in [-0.05, 0) is 37.1 Å². The number of hydrogen-bond acceptors (Lipinski definition) is 2. The second kappa shape index (κ2) is 4.90. The van der Waals surface area contributed by atoms with Crippen LogP contribution in [-0.4, -0.2) is 17.6 Å². The summed E-state index contributed by atoms with van der Waals surface area (Å²) in [5, 5.41) is 0.763. The molecule has 0 radical (unpaired) electrons. The Morgan fingerprint density at radius 3 is 2.67 bits per heavy atom. The number of amidine groups is 1. The predicted octanol–water partition coefficient (Wildman–Crippen LogP) is 2.95. The van der Waals surface area contributed by atoms with Gasteiger partial charge in [-0.25, -0.2) is 0 Å². The summed E-state index contributed by atoms with van der Waals surface area (Å²) in [7, 11) is 0. The van der Waals surface area contributed by atoms with Crippen molar-refractivity contribution in [3.8, 4) is 0 Å². The molecular weight excluding hydrogens is 228 g/mol. The van der Waals surface area contributed by atoms with Crippen LogP contribution in [0.3, 0.4) is 0 Å². The zero-order valence-corrected chi connectivity index (χ0v) is 9.89. The monoisotopic (exact) mass is 240 g/mol. The summed E-state index contributed by atoms with van der Waals surface area (Å²) < 4.78 is 0. The van der Waals surface area contributed by atoms with E-state index in [-0.39, 0.29) is 0 Å². The second-order valence-electron chi connectivity index (χ2n) is 3.59. The lowest BCUT2D eigenvalue weighted by Gasteiger charge is -2.01. The van der Waals surface area contributed by atoms with Crippen molar-refractivity contribution in [1.82, 2.24) is 0 Å². The Morgan fingerprint density at radius 2 is 2.07 bits per heavy atom. The van der Waals surface area contributed by atoms with Gasteiger partial charge < -0.3 is 5.73 Å². The van der Waals surface area contributed by atoms with E-state index < -0.39 is 0 Å². The van der Waals surface area contributed by atoms with Crippen molar-refractivity contribution in [3.63, 3.8) is 0 Å². The molecule has 2 nitrogen and oxygen atoms in total. The summed E-state index contributed by atoms with van der Waals surface area (Å²) in [6, 6.07) is 8.28. The molecule has 1 aromatic rings. The molecule has 0 amide bonds. The molecule has 0 saturated heterocycles. The van der Waals surface area contributed by atoms with Crippen molar-refractivity contribution < 1.29 is 0 Å².